The first kappa shape index (κ1) is 79.7. The highest BCUT2D eigenvalue weighted by Crippen LogP contribution is 2.64. The molecule has 0 bridgehead atoms. The van der Waals surface area contributed by atoms with Crippen LogP contribution >= 0.6 is 0 Å². The van der Waals surface area contributed by atoms with Gasteiger partial charge in [-0.1, -0.05) is 46.8 Å². The monoisotopic (exact) mass is 1350 g/mol. The van der Waals surface area contributed by atoms with Crippen LogP contribution in [0.1, 0.15) is 250 Å². The molecule has 552 valence electrons. The third kappa shape index (κ3) is 19.2. The van der Waals surface area contributed by atoms with Crippen molar-refractivity contribution in [1.82, 2.24) is 14.7 Å². The number of allylic oxidation sites excluding steroid dienone is 2. The Labute approximate surface area is 583 Å². The van der Waals surface area contributed by atoms with Crippen LogP contribution in [-0.2, 0) is 57.0 Å². The minimum Gasteiger partial charge on any atom is -0.400 e. The number of aliphatic hydroxyl groups is 1. The zero-order valence-electron chi connectivity index (χ0n) is 62.6. The van der Waals surface area contributed by atoms with E-state index in [9.17, 15) is 14.4 Å². The second-order valence-corrected chi connectivity index (χ2v) is 33.7. The highest BCUT2D eigenvalue weighted by Gasteiger charge is 2.74. The number of carbonyl (C=O) groups excluding carboxylic acids is 3. The first-order valence-corrected chi connectivity index (χ1v) is 38.4. The number of rotatable bonds is 31. The lowest BCUT2D eigenvalue weighted by molar-refractivity contribution is -0.126. The zero-order chi connectivity index (χ0) is 68.7. The van der Waals surface area contributed by atoms with Crippen molar-refractivity contribution in [1.29, 1.82) is 0 Å². The van der Waals surface area contributed by atoms with Gasteiger partial charge in [0.2, 0.25) is 0 Å². The topological polar surface area (TPSA) is 184 Å². The fraction of sp³-hybridized carbons (Fsp3) is 0.912. The minimum atomic E-state index is -0.251. The van der Waals surface area contributed by atoms with Crippen molar-refractivity contribution in [3.05, 3.63) is 23.3 Å². The van der Waals surface area contributed by atoms with Gasteiger partial charge in [-0.3, -0.25) is 14.4 Å². The van der Waals surface area contributed by atoms with E-state index < -0.39 is 0 Å². The zero-order valence-corrected chi connectivity index (χ0v) is 62.6. The molecule has 12 aliphatic rings. The van der Waals surface area contributed by atoms with Crippen LogP contribution in [0.4, 0.5) is 0 Å². The molecule has 0 aromatic carbocycles. The normalized spacial score (nSPS) is 40.7. The largest absolute Gasteiger partial charge is 0.400 e. The molecule has 0 aromatic heterocycles. The van der Waals surface area contributed by atoms with Crippen LogP contribution in [0, 0.1) is 41.4 Å². The number of hydrogen-bond acceptors (Lipinski definition) is 16. The van der Waals surface area contributed by atoms with Crippen molar-refractivity contribution in [2.75, 3.05) is 89.0 Å². The quantitative estimate of drug-likeness (QED) is 0.0392. The molecule has 0 aromatic rings. The van der Waals surface area contributed by atoms with Crippen LogP contribution in [-0.4, -0.2) is 215 Å². The summed E-state index contributed by atoms with van der Waals surface area (Å²) in [5.74, 6) is 3.65. The van der Waals surface area contributed by atoms with Crippen molar-refractivity contribution in [2.24, 2.45) is 41.4 Å². The van der Waals surface area contributed by atoms with Crippen molar-refractivity contribution in [3.8, 4) is 0 Å². The van der Waals surface area contributed by atoms with Crippen LogP contribution < -0.4 is 0 Å². The van der Waals surface area contributed by atoms with Gasteiger partial charge in [0.25, 0.3) is 0 Å². The van der Waals surface area contributed by atoms with Gasteiger partial charge in [0.15, 0.2) is 5.78 Å². The van der Waals surface area contributed by atoms with Gasteiger partial charge in [0, 0.05) is 90.5 Å². The van der Waals surface area contributed by atoms with Gasteiger partial charge in [0.05, 0.1) is 73.6 Å². The number of likely N-dealkylation sites (tertiary alicyclic amines) is 3. The van der Waals surface area contributed by atoms with E-state index in [0.717, 1.165) is 129 Å². The Hall–Kier alpha value is -2.03. The Morgan fingerprint density at radius 2 is 0.938 bits per heavy atom. The maximum Gasteiger partial charge on any atom is 0.155 e. The highest BCUT2D eigenvalue weighted by atomic mass is 16.6. The van der Waals surface area contributed by atoms with Gasteiger partial charge in [-0.2, -0.15) is 0 Å². The molecule has 12 fully saturated rings. The number of aliphatic hydroxyl groups excluding tert-OH is 1. The number of nitrogens with zero attached hydrogens (tertiary/aromatic N) is 3. The third-order valence-corrected chi connectivity index (χ3v) is 25.8. The number of methoxy groups -OCH3 is 3. The average molecular weight is 1350 g/mol. The maximum absolute atomic E-state index is 12.9. The molecular weight excluding hydrogens is 1210 g/mol. The minimum absolute atomic E-state index is 0. The van der Waals surface area contributed by atoms with Gasteiger partial charge >= 0.3 is 0 Å². The first-order chi connectivity index (χ1) is 45.4. The van der Waals surface area contributed by atoms with Crippen LogP contribution in [0.2, 0.25) is 0 Å². The van der Waals surface area contributed by atoms with Gasteiger partial charge in [-0.05, 0) is 258 Å². The molecule has 0 amide bonds. The van der Waals surface area contributed by atoms with E-state index in [1.807, 2.05) is 20.3 Å². The van der Waals surface area contributed by atoms with E-state index in [1.165, 1.54) is 76.6 Å². The maximum atomic E-state index is 12.9. The van der Waals surface area contributed by atoms with E-state index in [4.69, 9.17) is 47.7 Å². The SMILES string of the molecule is C.CO.CO[C@@H]1C(=CC(=O)CCCC2CCCN2C)CC[C@]2(CO2)[C@H]1[C@@]1(C)O[C@@H]1CC=C(C)C.CO[C@@H]1C(CC(=O)CCCC2CCCN2C)CC[C@]2(CO2)[C@H]1[C@@]1(C)O[C@@H]1CCC(C)C.CO[C@@H]1C(CC(=O)CCCC2CCCN2C)CC[C@]2(CO2)[C@H]1[C@@]1(C)O[C@@H]1CCC(C)C. The van der Waals surface area contributed by atoms with E-state index in [2.05, 4.69) is 104 Å². The van der Waals surface area contributed by atoms with Gasteiger partial charge in [0.1, 0.15) is 34.0 Å². The Bertz CT molecular complexity index is 2430. The summed E-state index contributed by atoms with van der Waals surface area (Å²) < 4.78 is 55.3. The van der Waals surface area contributed by atoms with Crippen molar-refractivity contribution < 1.29 is 62.1 Å². The Balaban J connectivity index is 0.000000181. The predicted molar refractivity (Wildman–Crippen MR) is 381 cm³/mol. The molecule has 3 saturated carbocycles. The second-order valence-electron chi connectivity index (χ2n) is 33.7. The van der Waals surface area contributed by atoms with Gasteiger partial charge < -0.3 is 62.4 Å². The summed E-state index contributed by atoms with van der Waals surface area (Å²) in [6, 6.07) is 2.02. The number of ether oxygens (including phenoxy) is 9. The lowest BCUT2D eigenvalue weighted by atomic mass is 9.64. The molecule has 12 rings (SSSR count). The number of epoxide rings is 6. The predicted octanol–water partition coefficient (Wildman–Crippen LogP) is 13.9. The second kappa shape index (κ2) is 34.5. The lowest BCUT2D eigenvalue weighted by Crippen LogP contribution is -2.53. The Morgan fingerprint density at radius 3 is 1.29 bits per heavy atom. The van der Waals surface area contributed by atoms with Crippen LogP contribution in [0.25, 0.3) is 0 Å². The molecule has 20 atom stereocenters. The number of ketones is 3. The molecule has 0 radical (unpaired) electrons. The molecule has 9 aliphatic heterocycles. The van der Waals surface area contributed by atoms with Crippen LogP contribution in [0.15, 0.2) is 23.3 Å². The summed E-state index contributed by atoms with van der Waals surface area (Å²) in [4.78, 5) is 45.9. The molecule has 9 saturated heterocycles. The molecule has 9 heterocycles. The van der Waals surface area contributed by atoms with Crippen molar-refractivity contribution in [3.63, 3.8) is 0 Å². The Morgan fingerprint density at radius 1 is 0.552 bits per heavy atom. The summed E-state index contributed by atoms with van der Waals surface area (Å²) in [6.07, 6.45) is 34.0. The molecule has 1 N–H and O–H groups in total. The molecule has 3 aliphatic carbocycles. The van der Waals surface area contributed by atoms with Crippen molar-refractivity contribution in [2.45, 2.75) is 338 Å². The number of Topliss-reactive ketones (excluding diaryl/α,β-unsaturated/α-hetero) is 2. The van der Waals surface area contributed by atoms with E-state index >= 15 is 0 Å². The molecule has 16 heteroatoms. The number of carbonyl (C=O) groups is 3. The third-order valence-electron chi connectivity index (χ3n) is 25.8. The molecule has 5 unspecified atom stereocenters. The standard InChI is InChI=1S/2C26H45NO4.C26H41NO4.CH4O.CH4/c3*1-18(2)11-12-22-25(3,31-22)24-23(29-5)19(13-14-26(24)17-30-26)16-21(28)10-6-8-20-9-7-15-27(20)4;1-2;/h2*18-20,22-24H,6-17H2,1-5H3;11,16,20,22-24H,6-10,12-15,17H2,1-5H3;2H,1H3;1H4/t2*19?,20?,22-,23-,24-,25+,26+;20?,22-,23-,24-,25+,26+;;/m111../s1. The Kier molecular flexibility index (Phi) is 28.6. The van der Waals surface area contributed by atoms with E-state index in [-0.39, 0.29) is 89.0 Å². The summed E-state index contributed by atoms with van der Waals surface area (Å²) in [6.45, 7) is 26.1. The number of hydrogen-bond donors (Lipinski definition) is 1. The fourth-order valence-corrected chi connectivity index (χ4v) is 19.7. The van der Waals surface area contributed by atoms with E-state index in [0.29, 0.717) is 97.7 Å². The molecule has 96 heavy (non-hydrogen) atoms. The average Bonchev–Trinajstić information content (AvgIpc) is 1.55. The van der Waals surface area contributed by atoms with Gasteiger partial charge in [-0.15, -0.1) is 0 Å². The van der Waals surface area contributed by atoms with Crippen LogP contribution in [0.3, 0.4) is 0 Å². The lowest BCUT2D eigenvalue weighted by Gasteiger charge is -2.43. The van der Waals surface area contributed by atoms with Crippen LogP contribution in [0.5, 0.6) is 0 Å². The smallest absolute Gasteiger partial charge is 0.155 e. The molecule has 16 nitrogen and oxygen atoms in total. The van der Waals surface area contributed by atoms with Gasteiger partial charge in [-0.25, -0.2) is 0 Å². The summed E-state index contributed by atoms with van der Waals surface area (Å²) >= 11 is 0. The first-order valence-electron chi connectivity index (χ1n) is 38.4. The summed E-state index contributed by atoms with van der Waals surface area (Å²) in [5, 5.41) is 7.00. The highest BCUT2D eigenvalue weighted by molar-refractivity contribution is 5.90. The summed E-state index contributed by atoms with van der Waals surface area (Å²) in [5.41, 5.74) is 1.58. The molecule has 3 spiro atoms. The molecular formula is C80H139N3O13. The fourth-order valence-electron chi connectivity index (χ4n) is 19.7. The summed E-state index contributed by atoms with van der Waals surface area (Å²) in [7, 11) is 13.0. The van der Waals surface area contributed by atoms with E-state index in [1.54, 1.807) is 7.11 Å². The van der Waals surface area contributed by atoms with Crippen molar-refractivity contribution >= 4 is 17.3 Å².